The second kappa shape index (κ2) is 2.88. The molecular weight excluding hydrogens is 202 g/mol. The third kappa shape index (κ3) is 1.18. The SMILES string of the molecule is Nc1c(C(=O)O)ccc2sc(O)cc12. The molecule has 0 radical (unpaired) electrons. The van der Waals surface area contributed by atoms with Crippen molar-refractivity contribution in [2.24, 2.45) is 0 Å². The van der Waals surface area contributed by atoms with Crippen LogP contribution in [0.3, 0.4) is 0 Å². The molecule has 72 valence electrons. The van der Waals surface area contributed by atoms with Gasteiger partial charge in [0.25, 0.3) is 0 Å². The lowest BCUT2D eigenvalue weighted by atomic mass is 10.1. The van der Waals surface area contributed by atoms with Crippen molar-refractivity contribution in [1.29, 1.82) is 0 Å². The standard InChI is InChI=1S/C9H7NO3S/c10-8-4(9(12)13)1-2-6-5(8)3-7(11)14-6/h1-3,11H,10H2,(H,12,13). The van der Waals surface area contributed by atoms with Crippen LogP contribution in [-0.2, 0) is 0 Å². The van der Waals surface area contributed by atoms with Crippen molar-refractivity contribution in [3.63, 3.8) is 0 Å². The minimum atomic E-state index is -1.06. The van der Waals surface area contributed by atoms with Crippen molar-refractivity contribution in [3.8, 4) is 5.06 Å². The molecule has 0 fully saturated rings. The van der Waals surface area contributed by atoms with Gasteiger partial charge < -0.3 is 15.9 Å². The first-order chi connectivity index (χ1) is 6.59. The molecule has 14 heavy (non-hydrogen) atoms. The zero-order valence-electron chi connectivity index (χ0n) is 7.02. The third-order valence-electron chi connectivity index (χ3n) is 1.96. The van der Waals surface area contributed by atoms with E-state index in [2.05, 4.69) is 0 Å². The van der Waals surface area contributed by atoms with Crippen LogP contribution in [0.2, 0.25) is 0 Å². The second-order valence-corrected chi connectivity index (χ2v) is 3.89. The molecule has 4 nitrogen and oxygen atoms in total. The number of carboxylic acid groups (broad SMARTS) is 1. The molecule has 1 heterocycles. The summed E-state index contributed by atoms with van der Waals surface area (Å²) in [5.41, 5.74) is 5.91. The number of hydrogen-bond acceptors (Lipinski definition) is 4. The minimum Gasteiger partial charge on any atom is -0.499 e. The zero-order valence-corrected chi connectivity index (χ0v) is 7.84. The van der Waals surface area contributed by atoms with E-state index >= 15 is 0 Å². The molecule has 0 aliphatic carbocycles. The summed E-state index contributed by atoms with van der Waals surface area (Å²) in [6.07, 6.45) is 0. The fraction of sp³-hybridized carbons (Fsp3) is 0. The molecule has 1 aromatic heterocycles. The number of aromatic hydroxyl groups is 1. The molecular formula is C9H7NO3S. The van der Waals surface area contributed by atoms with Crippen molar-refractivity contribution in [2.45, 2.75) is 0 Å². The summed E-state index contributed by atoms with van der Waals surface area (Å²) in [7, 11) is 0. The summed E-state index contributed by atoms with van der Waals surface area (Å²) in [6.45, 7) is 0. The Morgan fingerprint density at radius 1 is 1.43 bits per heavy atom. The topological polar surface area (TPSA) is 83.6 Å². The van der Waals surface area contributed by atoms with Crippen LogP contribution in [0.15, 0.2) is 18.2 Å². The number of fused-ring (bicyclic) bond motifs is 1. The molecule has 2 aromatic rings. The van der Waals surface area contributed by atoms with Gasteiger partial charge in [-0.3, -0.25) is 0 Å². The summed E-state index contributed by atoms with van der Waals surface area (Å²) in [4.78, 5) is 10.7. The molecule has 5 heteroatoms. The normalized spacial score (nSPS) is 10.6. The number of carbonyl (C=O) groups is 1. The number of benzene rings is 1. The number of thiophene rings is 1. The molecule has 1 aromatic carbocycles. The lowest BCUT2D eigenvalue weighted by Crippen LogP contribution is -2.01. The highest BCUT2D eigenvalue weighted by Crippen LogP contribution is 2.35. The van der Waals surface area contributed by atoms with Gasteiger partial charge in [0.15, 0.2) is 5.06 Å². The van der Waals surface area contributed by atoms with Crippen LogP contribution in [0.1, 0.15) is 10.4 Å². The van der Waals surface area contributed by atoms with Crippen LogP contribution in [-0.4, -0.2) is 16.2 Å². The Bertz CT molecular complexity index is 518. The van der Waals surface area contributed by atoms with Crippen LogP contribution in [0.4, 0.5) is 5.69 Å². The fourth-order valence-electron chi connectivity index (χ4n) is 1.31. The number of aromatic carboxylic acids is 1. The zero-order chi connectivity index (χ0) is 10.3. The van der Waals surface area contributed by atoms with Gasteiger partial charge in [-0.15, -0.1) is 0 Å². The average Bonchev–Trinajstić information content (AvgIpc) is 2.46. The number of hydrogen-bond donors (Lipinski definition) is 3. The number of nitrogens with two attached hydrogens (primary N) is 1. The molecule has 4 N–H and O–H groups in total. The van der Waals surface area contributed by atoms with E-state index in [1.807, 2.05) is 0 Å². The Labute approximate surface area is 83.2 Å². The summed E-state index contributed by atoms with van der Waals surface area (Å²) >= 11 is 1.17. The highest BCUT2D eigenvalue weighted by atomic mass is 32.1. The monoisotopic (exact) mass is 209 g/mol. The van der Waals surface area contributed by atoms with Crippen molar-refractivity contribution < 1.29 is 15.0 Å². The maximum absolute atomic E-state index is 10.7. The number of nitrogen functional groups attached to an aromatic ring is 1. The van der Waals surface area contributed by atoms with E-state index in [4.69, 9.17) is 10.8 Å². The molecule has 0 aliphatic heterocycles. The van der Waals surface area contributed by atoms with E-state index < -0.39 is 5.97 Å². The first-order valence-electron chi connectivity index (χ1n) is 3.84. The Kier molecular flexibility index (Phi) is 1.82. The summed E-state index contributed by atoms with van der Waals surface area (Å²) < 4.78 is 0.782. The van der Waals surface area contributed by atoms with E-state index in [0.29, 0.717) is 5.39 Å². The number of rotatable bonds is 1. The predicted molar refractivity (Wildman–Crippen MR) is 54.9 cm³/mol. The van der Waals surface area contributed by atoms with E-state index in [-0.39, 0.29) is 16.3 Å². The summed E-state index contributed by atoms with van der Waals surface area (Å²) in [5.74, 6) is -1.06. The van der Waals surface area contributed by atoms with Crippen LogP contribution in [0, 0.1) is 0 Å². The van der Waals surface area contributed by atoms with Gasteiger partial charge in [0.2, 0.25) is 0 Å². The van der Waals surface area contributed by atoms with Crippen LogP contribution in [0.5, 0.6) is 5.06 Å². The summed E-state index contributed by atoms with van der Waals surface area (Å²) in [6, 6.07) is 4.55. The van der Waals surface area contributed by atoms with Gasteiger partial charge in [0.1, 0.15) is 0 Å². The second-order valence-electron chi connectivity index (χ2n) is 2.83. The van der Waals surface area contributed by atoms with Gasteiger partial charge >= 0.3 is 5.97 Å². The van der Waals surface area contributed by atoms with Gasteiger partial charge in [-0.25, -0.2) is 4.79 Å². The highest BCUT2D eigenvalue weighted by molar-refractivity contribution is 7.20. The summed E-state index contributed by atoms with van der Waals surface area (Å²) in [5, 5.41) is 18.7. The van der Waals surface area contributed by atoms with E-state index in [1.54, 1.807) is 6.07 Å². The molecule has 0 bridgehead atoms. The molecule has 0 amide bonds. The van der Waals surface area contributed by atoms with Gasteiger partial charge in [-0.2, -0.15) is 0 Å². The lowest BCUT2D eigenvalue weighted by Gasteiger charge is -2.00. The van der Waals surface area contributed by atoms with Crippen molar-refractivity contribution in [1.82, 2.24) is 0 Å². The van der Waals surface area contributed by atoms with E-state index in [1.165, 1.54) is 23.5 Å². The molecule has 0 unspecified atom stereocenters. The van der Waals surface area contributed by atoms with Gasteiger partial charge in [0, 0.05) is 16.2 Å². The van der Waals surface area contributed by atoms with E-state index in [0.717, 1.165) is 4.70 Å². The molecule has 0 spiro atoms. The maximum atomic E-state index is 10.7. The van der Waals surface area contributed by atoms with E-state index in [9.17, 15) is 9.90 Å². The van der Waals surface area contributed by atoms with Crippen LogP contribution in [0.25, 0.3) is 10.1 Å². The fourth-order valence-corrected chi connectivity index (χ4v) is 2.12. The van der Waals surface area contributed by atoms with Gasteiger partial charge in [-0.05, 0) is 12.1 Å². The van der Waals surface area contributed by atoms with Crippen molar-refractivity contribution >= 4 is 33.1 Å². The third-order valence-corrected chi connectivity index (χ3v) is 2.86. The van der Waals surface area contributed by atoms with Crippen LogP contribution < -0.4 is 5.73 Å². The van der Waals surface area contributed by atoms with Gasteiger partial charge in [-0.1, -0.05) is 11.3 Å². The minimum absolute atomic E-state index is 0.0651. The van der Waals surface area contributed by atoms with Crippen molar-refractivity contribution in [2.75, 3.05) is 5.73 Å². The maximum Gasteiger partial charge on any atom is 0.337 e. The van der Waals surface area contributed by atoms with Gasteiger partial charge in [0.05, 0.1) is 11.3 Å². The number of carboxylic acids is 1. The van der Waals surface area contributed by atoms with Crippen LogP contribution >= 0.6 is 11.3 Å². The Hall–Kier alpha value is -1.75. The molecule has 0 aliphatic rings. The Balaban J connectivity index is 2.80. The smallest absolute Gasteiger partial charge is 0.337 e. The largest absolute Gasteiger partial charge is 0.499 e. The molecule has 0 saturated heterocycles. The quantitative estimate of drug-likeness (QED) is 0.626. The molecule has 2 rings (SSSR count). The van der Waals surface area contributed by atoms with Crippen molar-refractivity contribution in [3.05, 3.63) is 23.8 Å². The highest BCUT2D eigenvalue weighted by Gasteiger charge is 2.12. The molecule has 0 saturated carbocycles. The first kappa shape index (κ1) is 8.83. The predicted octanol–water partition coefficient (Wildman–Crippen LogP) is 1.89. The average molecular weight is 209 g/mol. The molecule has 0 atom stereocenters. The number of anilines is 1. The Morgan fingerprint density at radius 2 is 2.14 bits per heavy atom. The Morgan fingerprint density at radius 3 is 2.79 bits per heavy atom. The lowest BCUT2D eigenvalue weighted by molar-refractivity contribution is 0.0698. The first-order valence-corrected chi connectivity index (χ1v) is 4.65.